The lowest BCUT2D eigenvalue weighted by Crippen LogP contribution is -2.44. The molecule has 10 rings (SSSR count). The van der Waals surface area contributed by atoms with E-state index >= 15 is 0 Å². The van der Waals surface area contributed by atoms with Crippen LogP contribution < -0.4 is 20.6 Å². The van der Waals surface area contributed by atoms with Crippen molar-refractivity contribution < 1.29 is 32.7 Å². The molecule has 19 heteroatoms. The van der Waals surface area contributed by atoms with Gasteiger partial charge in [0.15, 0.2) is 5.82 Å². The van der Waals surface area contributed by atoms with Crippen molar-refractivity contribution in [2.24, 2.45) is 20.0 Å². The number of piperidine rings is 3. The number of ether oxygens (including phenoxy) is 1. The van der Waals surface area contributed by atoms with E-state index in [0.717, 1.165) is 92.9 Å². The molecular weight excluding hydrogens is 889 g/mol. The summed E-state index contributed by atoms with van der Waals surface area (Å²) in [6.07, 6.45) is 8.16. The largest absolute Gasteiger partial charge is 0.493 e. The first-order valence-electron chi connectivity index (χ1n) is 24.6. The highest BCUT2D eigenvalue weighted by molar-refractivity contribution is 6.00. The van der Waals surface area contributed by atoms with Crippen LogP contribution in [0.4, 0.5) is 20.3 Å². The number of hydrogen-bond acceptors (Lipinski definition) is 10. The number of alkyl halides is 2. The number of carbonyl (C=O) groups is 4. The molecule has 3 fully saturated rings. The van der Waals surface area contributed by atoms with Gasteiger partial charge >= 0.3 is 5.69 Å². The third kappa shape index (κ3) is 9.17. The summed E-state index contributed by atoms with van der Waals surface area (Å²) in [6, 6.07) is 8.33. The van der Waals surface area contributed by atoms with E-state index in [2.05, 4.69) is 24.9 Å². The van der Waals surface area contributed by atoms with Crippen LogP contribution in [0.5, 0.6) is 5.75 Å². The number of fused-ring (bicyclic) bond motifs is 3. The van der Waals surface area contributed by atoms with Gasteiger partial charge in [-0.25, -0.2) is 13.6 Å². The topological polar surface area (TPSA) is 165 Å². The number of aryl methyl sites for hydroxylation is 3. The van der Waals surface area contributed by atoms with E-state index in [-0.39, 0.29) is 47.9 Å². The Balaban J connectivity index is 0.723. The van der Waals surface area contributed by atoms with Crippen molar-refractivity contribution in [2.45, 2.75) is 103 Å². The van der Waals surface area contributed by atoms with E-state index < -0.39 is 18.4 Å². The molecule has 0 spiro atoms. The number of amides is 4. The summed E-state index contributed by atoms with van der Waals surface area (Å²) in [5.74, 6) is 1.14. The van der Waals surface area contributed by atoms with Gasteiger partial charge in [-0.3, -0.25) is 43.0 Å². The molecule has 3 aromatic heterocycles. The average Bonchev–Trinajstić information content (AvgIpc) is 4.03. The Bertz CT molecular complexity index is 2850. The zero-order valence-electron chi connectivity index (χ0n) is 39.7. The van der Waals surface area contributed by atoms with Crippen molar-refractivity contribution in [1.82, 2.24) is 48.7 Å². The van der Waals surface area contributed by atoms with Crippen LogP contribution in [0.25, 0.3) is 22.2 Å². The Morgan fingerprint density at radius 3 is 2.42 bits per heavy atom. The normalized spacial score (nSPS) is 19.6. The predicted octanol–water partition coefficient (Wildman–Crippen LogP) is 5.58. The molecule has 17 nitrogen and oxygen atoms in total. The Kier molecular flexibility index (Phi) is 12.9. The average molecular weight is 950 g/mol. The van der Waals surface area contributed by atoms with E-state index in [9.17, 15) is 32.8 Å². The molecule has 5 aromatic rings. The molecule has 0 bridgehead atoms. The van der Waals surface area contributed by atoms with Gasteiger partial charge in [-0.05, 0) is 112 Å². The quantitative estimate of drug-likeness (QED) is 0.156. The summed E-state index contributed by atoms with van der Waals surface area (Å²) in [6.45, 7) is 7.74. The maximum atomic E-state index is 14.7. The monoisotopic (exact) mass is 949 g/mol. The Labute approximate surface area is 398 Å². The van der Waals surface area contributed by atoms with Gasteiger partial charge in [0.2, 0.25) is 23.6 Å². The third-order valence-electron chi connectivity index (χ3n) is 15.2. The molecule has 1 N–H and O–H groups in total. The number of nitrogens with zero attached hydrogens (tertiary/aromatic N) is 10. The van der Waals surface area contributed by atoms with Gasteiger partial charge in [0.1, 0.15) is 11.8 Å². The summed E-state index contributed by atoms with van der Waals surface area (Å²) >= 11 is 0. The first kappa shape index (κ1) is 46.4. The number of nitrogens with one attached hydrogen (secondary N) is 1. The Morgan fingerprint density at radius 2 is 1.70 bits per heavy atom. The molecule has 0 aliphatic carbocycles. The molecule has 2 aromatic carbocycles. The molecule has 3 saturated heterocycles. The fourth-order valence-corrected chi connectivity index (χ4v) is 11.3. The SMILES string of the molecule is CC(=O)N1CCc2c(c(N3CCCc4cc(-c5cnn(C)c5)c(C(F)F)cc43)nn2C2CCN(C(=O)CCCN3CCC(COc4ccc5c(c4)n(C)c(=O)n5C4CCC(=O)NC4=O)CC3)CC2)C1. The standard InChI is InChI=1S/C50H61F2N11O6/c1-31(64)60-23-16-40-39(29-60)48(61-18-4-6-33-24-37(34-27-53-56(2)28-34)38(47(51)52)26-43(33)61)55-63(40)35-14-21-59(22-15-35)46(66)7-5-17-58-19-12-32(13-20-58)30-69-36-8-9-41-44(25-36)57(3)50(68)62(41)42-10-11-45(65)54-49(42)67/h8-9,24-28,32,35,42,47H,4-7,10-23,29-30H2,1-3H3,(H,54,65,67). The number of halogens is 2. The fourth-order valence-electron chi connectivity index (χ4n) is 11.3. The van der Waals surface area contributed by atoms with E-state index in [1.807, 2.05) is 28.0 Å². The van der Waals surface area contributed by atoms with Gasteiger partial charge in [0, 0.05) is 107 Å². The van der Waals surface area contributed by atoms with Gasteiger partial charge < -0.3 is 24.3 Å². The van der Waals surface area contributed by atoms with E-state index in [0.29, 0.717) is 86.0 Å². The van der Waals surface area contributed by atoms with Crippen LogP contribution in [0.2, 0.25) is 0 Å². The van der Waals surface area contributed by atoms with E-state index in [1.165, 1.54) is 9.13 Å². The number of carbonyl (C=O) groups excluding carboxylic acids is 4. The minimum absolute atomic E-state index is 0.00801. The smallest absolute Gasteiger partial charge is 0.329 e. The van der Waals surface area contributed by atoms with Crippen molar-refractivity contribution in [3.05, 3.63) is 75.6 Å². The first-order valence-corrected chi connectivity index (χ1v) is 24.6. The number of rotatable bonds is 12. The molecule has 8 heterocycles. The first-order chi connectivity index (χ1) is 33.3. The lowest BCUT2D eigenvalue weighted by molar-refractivity contribution is -0.136. The predicted molar refractivity (Wildman–Crippen MR) is 253 cm³/mol. The summed E-state index contributed by atoms with van der Waals surface area (Å²) in [5, 5.41) is 11.9. The zero-order valence-corrected chi connectivity index (χ0v) is 39.7. The van der Waals surface area contributed by atoms with Crippen LogP contribution in [0.15, 0.2) is 47.5 Å². The molecule has 1 unspecified atom stereocenters. The van der Waals surface area contributed by atoms with Gasteiger partial charge in [0.25, 0.3) is 6.43 Å². The van der Waals surface area contributed by atoms with Crippen molar-refractivity contribution in [3.63, 3.8) is 0 Å². The minimum atomic E-state index is -2.68. The molecule has 5 aliphatic heterocycles. The van der Waals surface area contributed by atoms with Crippen molar-refractivity contribution in [1.29, 1.82) is 0 Å². The summed E-state index contributed by atoms with van der Waals surface area (Å²) in [7, 11) is 3.45. The third-order valence-corrected chi connectivity index (χ3v) is 15.2. The van der Waals surface area contributed by atoms with Crippen LogP contribution in [-0.2, 0) is 52.7 Å². The maximum absolute atomic E-state index is 14.7. The molecule has 69 heavy (non-hydrogen) atoms. The van der Waals surface area contributed by atoms with Crippen LogP contribution >= 0.6 is 0 Å². The molecular formula is C50H61F2N11O6. The highest BCUT2D eigenvalue weighted by Crippen LogP contribution is 2.44. The second-order valence-electron chi connectivity index (χ2n) is 19.6. The highest BCUT2D eigenvalue weighted by Gasteiger charge is 2.36. The second kappa shape index (κ2) is 19.2. The van der Waals surface area contributed by atoms with E-state index in [1.54, 1.807) is 50.2 Å². The van der Waals surface area contributed by atoms with Crippen molar-refractivity contribution in [3.8, 4) is 16.9 Å². The summed E-state index contributed by atoms with van der Waals surface area (Å²) < 4.78 is 42.4. The number of likely N-dealkylation sites (tertiary alicyclic amines) is 2. The Morgan fingerprint density at radius 1 is 0.899 bits per heavy atom. The number of anilines is 2. The van der Waals surface area contributed by atoms with Gasteiger partial charge in [0.05, 0.1) is 36.4 Å². The van der Waals surface area contributed by atoms with Crippen LogP contribution in [0.1, 0.15) is 106 Å². The zero-order chi connectivity index (χ0) is 48.1. The lowest BCUT2D eigenvalue weighted by atomic mass is 9.92. The Hall–Kier alpha value is -6.37. The summed E-state index contributed by atoms with van der Waals surface area (Å²) in [4.78, 5) is 72.0. The highest BCUT2D eigenvalue weighted by atomic mass is 19.3. The van der Waals surface area contributed by atoms with Crippen LogP contribution in [0.3, 0.4) is 0 Å². The van der Waals surface area contributed by atoms with Crippen molar-refractivity contribution in [2.75, 3.05) is 57.3 Å². The molecule has 4 amide bonds. The summed E-state index contributed by atoms with van der Waals surface area (Å²) in [5.41, 5.74) is 5.87. The number of hydrogen-bond donors (Lipinski definition) is 1. The van der Waals surface area contributed by atoms with Crippen LogP contribution in [0, 0.1) is 5.92 Å². The number of imidazole rings is 1. The number of imide groups is 1. The molecule has 5 aliphatic rings. The maximum Gasteiger partial charge on any atom is 0.329 e. The number of benzene rings is 2. The molecule has 366 valence electrons. The van der Waals surface area contributed by atoms with Crippen LogP contribution in [-0.4, -0.2) is 119 Å². The molecule has 0 radical (unpaired) electrons. The van der Waals surface area contributed by atoms with Gasteiger partial charge in [-0.15, -0.1) is 0 Å². The lowest BCUT2D eigenvalue weighted by Gasteiger charge is -2.34. The molecule has 0 saturated carbocycles. The minimum Gasteiger partial charge on any atom is -0.493 e. The van der Waals surface area contributed by atoms with Crippen molar-refractivity contribution >= 4 is 46.2 Å². The number of aromatic nitrogens is 6. The fraction of sp³-hybridized carbons (Fsp3) is 0.540. The molecule has 1 atom stereocenters. The second-order valence-corrected chi connectivity index (χ2v) is 19.6. The van der Waals surface area contributed by atoms with Gasteiger partial charge in [-0.1, -0.05) is 0 Å². The van der Waals surface area contributed by atoms with Gasteiger partial charge in [-0.2, -0.15) is 10.2 Å². The van der Waals surface area contributed by atoms with E-state index in [4.69, 9.17) is 9.84 Å².